The Morgan fingerprint density at radius 1 is 1.01 bits per heavy atom. The highest BCUT2D eigenvalue weighted by molar-refractivity contribution is 9.09. The third-order valence-electron chi connectivity index (χ3n) is 16.3. The van der Waals surface area contributed by atoms with Crippen LogP contribution in [0.5, 0.6) is 5.75 Å². The standard InChI is InChI=1S/C63H87BrClN9O17/c1-33(2)52(71-49(75)22-15-14-19-36(5)88-58(81)35(4)32-64)56(79)70-43(20-17-25-68-60(66)83)55(78)69-42-24-23-40(29-41(42)54(77)67-9)57(80)73(10)38(7)59(82)90-48-30-50(76)74(11)44-27-39(28-45(86-12)51(44)65)26-34(3)18-16-21-47(87-13)63(85)31-46(89-61(84)72-63)37(6)53-62(48,8)91-53/h16,18,21,23-24,27-29,33,36-38,43,46-48,52-53,85H,4,14-15,17,19-20,22,25-26,30-32H2,1-3,5-13H3,(H,67,77)(H,69,78)(H,70,79)(H,71,75)(H,72,84)(H3,66,68,83)/b21-16+,34-18+/t36?,37-,38+,43+,46+,47-,48+,52+,53+,62+,63+/m1/s1. The normalized spacial score (nSPS) is 23.7. The van der Waals surface area contributed by atoms with Gasteiger partial charge in [0.2, 0.25) is 23.6 Å². The Morgan fingerprint density at radius 2 is 1.71 bits per heavy atom. The Bertz CT molecular complexity index is 3130. The molecule has 0 aromatic heterocycles. The predicted octanol–water partition coefficient (Wildman–Crippen LogP) is 5.64. The summed E-state index contributed by atoms with van der Waals surface area (Å²) in [4.78, 5) is 138. The summed E-state index contributed by atoms with van der Waals surface area (Å²) in [6, 6.07) is 2.69. The molecule has 9 amide bonds. The van der Waals surface area contributed by atoms with E-state index in [2.05, 4.69) is 54.4 Å². The number of primary amides is 1. The number of likely N-dealkylation sites (N-methyl/N-ethyl adjacent to an activating group) is 1. The van der Waals surface area contributed by atoms with Crippen molar-refractivity contribution in [1.29, 1.82) is 0 Å². The van der Waals surface area contributed by atoms with Crippen LogP contribution in [0.3, 0.4) is 0 Å². The summed E-state index contributed by atoms with van der Waals surface area (Å²) in [6.45, 7) is 15.5. The van der Waals surface area contributed by atoms with Gasteiger partial charge in [0.15, 0.2) is 5.72 Å². The zero-order chi connectivity index (χ0) is 67.8. The summed E-state index contributed by atoms with van der Waals surface area (Å²) >= 11 is 10.0. The number of fused-ring (bicyclic) bond motifs is 5. The minimum atomic E-state index is -1.94. The lowest BCUT2D eigenvalue weighted by atomic mass is 9.83. The fourth-order valence-electron chi connectivity index (χ4n) is 10.6. The molecule has 0 spiro atoms. The van der Waals surface area contributed by atoms with Crippen molar-refractivity contribution in [2.75, 3.05) is 57.5 Å². The number of nitrogens with two attached hydrogens (primary N) is 1. The molecule has 9 N–H and O–H groups in total. The van der Waals surface area contributed by atoms with Gasteiger partial charge in [-0.3, -0.25) is 34.1 Å². The fraction of sp³-hybridized carbons (Fsp3) is 0.556. The zero-order valence-corrected chi connectivity index (χ0v) is 55.9. The number of amides is 9. The number of urea groups is 1. The van der Waals surface area contributed by atoms with Gasteiger partial charge in [-0.2, -0.15) is 0 Å². The Kier molecular flexibility index (Phi) is 27.0. The van der Waals surface area contributed by atoms with Crippen molar-refractivity contribution in [3.8, 4) is 5.75 Å². The number of halogens is 2. The monoisotopic (exact) mass is 1360 g/mol. The molecule has 2 saturated heterocycles. The molecule has 2 fully saturated rings. The van der Waals surface area contributed by atoms with Crippen molar-refractivity contribution < 1.29 is 81.5 Å². The summed E-state index contributed by atoms with van der Waals surface area (Å²) in [6.07, 6.45) is 0.896. The van der Waals surface area contributed by atoms with E-state index in [0.29, 0.717) is 31.4 Å². The average molecular weight is 1360 g/mol. The lowest BCUT2D eigenvalue weighted by molar-refractivity contribution is -0.158. The van der Waals surface area contributed by atoms with Crippen molar-refractivity contribution in [2.24, 2.45) is 17.6 Å². The van der Waals surface area contributed by atoms with Gasteiger partial charge in [0.05, 0.1) is 42.7 Å². The van der Waals surface area contributed by atoms with E-state index in [1.54, 1.807) is 58.9 Å². The van der Waals surface area contributed by atoms with E-state index in [9.17, 15) is 53.1 Å². The molecular formula is C63H87BrClN9O17. The number of nitrogens with one attached hydrogen (secondary N) is 6. The van der Waals surface area contributed by atoms with Crippen LogP contribution < -0.4 is 47.3 Å². The number of alkyl halides is 1. The van der Waals surface area contributed by atoms with Crippen LogP contribution >= 0.6 is 27.5 Å². The van der Waals surface area contributed by atoms with E-state index in [4.69, 9.17) is 45.8 Å². The van der Waals surface area contributed by atoms with Gasteiger partial charge in [-0.15, -0.1) is 0 Å². The number of benzene rings is 2. The van der Waals surface area contributed by atoms with Gasteiger partial charge in [0, 0.05) is 70.0 Å². The number of anilines is 2. The molecule has 5 rings (SSSR count). The van der Waals surface area contributed by atoms with Gasteiger partial charge in [0.1, 0.15) is 52.8 Å². The Morgan fingerprint density at radius 3 is 2.35 bits per heavy atom. The minimum Gasteiger partial charge on any atom is -0.495 e. The molecule has 11 atom stereocenters. The zero-order valence-electron chi connectivity index (χ0n) is 53.6. The lowest BCUT2D eigenvalue weighted by Crippen LogP contribution is -2.63. The van der Waals surface area contributed by atoms with Gasteiger partial charge in [0.25, 0.3) is 11.8 Å². The highest BCUT2D eigenvalue weighted by Gasteiger charge is 2.64. The number of nitrogens with zero attached hydrogens (tertiary/aromatic N) is 2. The molecule has 26 nitrogen and oxygen atoms in total. The van der Waals surface area contributed by atoms with Crippen LogP contribution in [0.4, 0.5) is 21.0 Å². The second kappa shape index (κ2) is 33.1. The van der Waals surface area contributed by atoms with Crippen molar-refractivity contribution in [3.05, 3.63) is 88.0 Å². The molecule has 91 heavy (non-hydrogen) atoms. The summed E-state index contributed by atoms with van der Waals surface area (Å²) in [7, 11) is 6.98. The number of hydrogen-bond donors (Lipinski definition) is 8. The number of rotatable bonds is 25. The SMILES string of the molecule is C=C(CBr)C(=O)OC(C)CCCCC(=O)N[C@H](C(=O)N[C@@H](CCCNC(N)=O)C(=O)Nc1ccc(C(=O)N(C)[C@@H](C)C(=O)O[C@H]2CC(=O)N(C)c3cc(cc(OC)c3Cl)C/C(C)=C/C=C/[C@@H](OC)[C@@]3(O)C[C@H](OC(=O)N3)[C@@H](C)[C@@H]3O[C@@]23C)cc1C(=O)NC)C(C)C. The number of epoxide rings is 1. The molecule has 2 aromatic rings. The largest absolute Gasteiger partial charge is 0.495 e. The summed E-state index contributed by atoms with van der Waals surface area (Å²) in [5.74, 6) is -6.32. The average Bonchev–Trinajstić information content (AvgIpc) is 1.58. The van der Waals surface area contributed by atoms with Crippen LogP contribution in [0.1, 0.15) is 126 Å². The highest BCUT2D eigenvalue weighted by Crippen LogP contribution is 2.49. The first kappa shape index (κ1) is 74.1. The Balaban J connectivity index is 1.37. The molecule has 2 aromatic carbocycles. The Labute approximate surface area is 543 Å². The number of carbonyl (C=O) groups is 10. The second-order valence-electron chi connectivity index (χ2n) is 23.6. The van der Waals surface area contributed by atoms with Crippen molar-refractivity contribution in [1.82, 2.24) is 31.5 Å². The highest BCUT2D eigenvalue weighted by atomic mass is 79.9. The van der Waals surface area contributed by atoms with E-state index >= 15 is 0 Å². The molecule has 1 unspecified atom stereocenters. The molecule has 4 bridgehead atoms. The first-order valence-electron chi connectivity index (χ1n) is 29.9. The van der Waals surface area contributed by atoms with E-state index in [1.165, 1.54) is 65.4 Å². The predicted molar refractivity (Wildman–Crippen MR) is 341 cm³/mol. The number of hydrogen-bond acceptors (Lipinski definition) is 17. The minimum absolute atomic E-state index is 0.0287. The smallest absolute Gasteiger partial charge is 0.409 e. The third-order valence-corrected chi connectivity index (χ3v) is 17.4. The van der Waals surface area contributed by atoms with Crippen LogP contribution in [0, 0.1) is 11.8 Å². The quantitative estimate of drug-likeness (QED) is 0.0149. The van der Waals surface area contributed by atoms with Crippen LogP contribution in [0.25, 0.3) is 0 Å². The fourth-order valence-corrected chi connectivity index (χ4v) is 11.2. The number of aliphatic hydroxyl groups is 1. The van der Waals surface area contributed by atoms with Gasteiger partial charge < -0.3 is 75.6 Å². The van der Waals surface area contributed by atoms with Crippen molar-refractivity contribution in [2.45, 2.75) is 166 Å². The van der Waals surface area contributed by atoms with Gasteiger partial charge in [-0.1, -0.05) is 78.7 Å². The second-order valence-corrected chi connectivity index (χ2v) is 24.6. The van der Waals surface area contributed by atoms with Crippen molar-refractivity contribution >= 4 is 98.4 Å². The number of esters is 2. The van der Waals surface area contributed by atoms with E-state index in [-0.39, 0.29) is 70.7 Å². The van der Waals surface area contributed by atoms with Gasteiger partial charge in [-0.25, -0.2) is 19.2 Å². The van der Waals surface area contributed by atoms with Crippen molar-refractivity contribution in [3.63, 3.8) is 0 Å². The molecule has 3 heterocycles. The first-order chi connectivity index (χ1) is 42.8. The molecule has 3 aliphatic heterocycles. The number of allylic oxidation sites excluding steroid dienone is 3. The topological polar surface area (TPSA) is 354 Å². The molecule has 500 valence electrons. The molecule has 3 aliphatic rings. The first-order valence-corrected chi connectivity index (χ1v) is 31.4. The number of carbonyl (C=O) groups excluding carboxylic acids is 10. The summed E-state index contributed by atoms with van der Waals surface area (Å²) in [5.41, 5.74) is 3.68. The number of ether oxygens (including phenoxy) is 6. The molecule has 28 heteroatoms. The van der Waals surface area contributed by atoms with E-state index < -0.39 is 138 Å². The third kappa shape index (κ3) is 19.7. The van der Waals surface area contributed by atoms with Crippen LogP contribution in [0.2, 0.25) is 5.02 Å². The maximum absolute atomic E-state index is 14.6. The summed E-state index contributed by atoms with van der Waals surface area (Å²) < 4.78 is 35.0. The van der Waals surface area contributed by atoms with E-state index in [1.807, 2.05) is 13.0 Å². The van der Waals surface area contributed by atoms with Gasteiger partial charge >= 0.3 is 24.1 Å². The van der Waals surface area contributed by atoms with Gasteiger partial charge in [-0.05, 0) is 108 Å². The summed E-state index contributed by atoms with van der Waals surface area (Å²) in [5, 5.41) is 27.9. The van der Waals surface area contributed by atoms with Crippen LogP contribution in [-0.4, -0.2) is 177 Å². The van der Waals surface area contributed by atoms with Crippen LogP contribution in [-0.2, 0) is 58.9 Å². The molecule has 0 aliphatic carbocycles. The number of methoxy groups -OCH3 is 2. The van der Waals surface area contributed by atoms with Crippen LogP contribution in [0.15, 0.2) is 66.3 Å². The number of unbranched alkanes of at least 4 members (excludes halogenated alkanes) is 1. The maximum atomic E-state index is 14.6. The molecule has 0 radical (unpaired) electrons. The molecular weight excluding hydrogens is 1270 g/mol. The lowest BCUT2D eigenvalue weighted by Gasteiger charge is -2.42. The van der Waals surface area contributed by atoms with E-state index in [0.717, 1.165) is 16.0 Å². The molecule has 0 saturated carbocycles. The Hall–Kier alpha value is -7.59. The maximum Gasteiger partial charge on any atom is 0.409 e. The number of alkyl carbamates (subject to hydrolysis) is 1.